The average Bonchev–Trinajstić information content (AvgIpc) is 2.38. The van der Waals surface area contributed by atoms with Crippen LogP contribution in [0.2, 0.25) is 0 Å². The lowest BCUT2D eigenvalue weighted by molar-refractivity contribution is 0.326. The van der Waals surface area contributed by atoms with Crippen molar-refractivity contribution in [1.29, 1.82) is 0 Å². The van der Waals surface area contributed by atoms with Gasteiger partial charge in [-0.3, -0.25) is 0 Å². The zero-order valence-corrected chi connectivity index (χ0v) is 12.7. The van der Waals surface area contributed by atoms with E-state index in [4.69, 9.17) is 0 Å². The van der Waals surface area contributed by atoms with E-state index >= 15 is 0 Å². The second-order valence-corrected chi connectivity index (χ2v) is 6.19. The van der Waals surface area contributed by atoms with Gasteiger partial charge >= 0.3 is 0 Å². The van der Waals surface area contributed by atoms with Gasteiger partial charge in [-0.25, -0.2) is 9.97 Å². The summed E-state index contributed by atoms with van der Waals surface area (Å²) in [6, 6.07) is 2.64. The molecule has 2 rings (SSSR count). The fourth-order valence-electron chi connectivity index (χ4n) is 2.93. The summed E-state index contributed by atoms with van der Waals surface area (Å²) in [7, 11) is 0. The van der Waals surface area contributed by atoms with Gasteiger partial charge in [-0.2, -0.15) is 0 Å². The molecule has 2 unspecified atom stereocenters. The maximum absolute atomic E-state index is 4.66. The number of nitrogens with zero attached hydrogens (tertiary/aromatic N) is 2. The lowest BCUT2D eigenvalue weighted by Crippen LogP contribution is -2.28. The number of hydrogen-bond acceptors (Lipinski definition) is 3. The third-order valence-electron chi connectivity index (χ3n) is 4.16. The van der Waals surface area contributed by atoms with Crippen LogP contribution in [0.1, 0.15) is 70.2 Å². The molecular formula is C16H27N3. The molecule has 2 atom stereocenters. The molecule has 1 heterocycles. The molecule has 1 fully saturated rings. The van der Waals surface area contributed by atoms with Crippen molar-refractivity contribution in [3.05, 3.63) is 17.5 Å². The van der Waals surface area contributed by atoms with Crippen LogP contribution in [0.15, 0.2) is 6.07 Å². The maximum atomic E-state index is 4.66. The summed E-state index contributed by atoms with van der Waals surface area (Å²) < 4.78 is 0. The van der Waals surface area contributed by atoms with E-state index in [1.807, 2.05) is 0 Å². The molecule has 1 N–H and O–H groups in total. The Bertz CT molecular complexity index is 414. The van der Waals surface area contributed by atoms with Crippen LogP contribution in [-0.4, -0.2) is 16.0 Å². The van der Waals surface area contributed by atoms with Crippen LogP contribution in [0.25, 0.3) is 0 Å². The molecule has 0 saturated heterocycles. The third kappa shape index (κ3) is 3.92. The van der Waals surface area contributed by atoms with Crippen molar-refractivity contribution in [2.75, 3.05) is 5.32 Å². The Morgan fingerprint density at radius 1 is 1.32 bits per heavy atom. The Morgan fingerprint density at radius 2 is 2.11 bits per heavy atom. The molecule has 0 amide bonds. The Hall–Kier alpha value is -1.12. The smallest absolute Gasteiger partial charge is 0.223 e. The summed E-state index contributed by atoms with van der Waals surface area (Å²) in [4.78, 5) is 9.19. The van der Waals surface area contributed by atoms with E-state index in [0.29, 0.717) is 12.0 Å². The van der Waals surface area contributed by atoms with E-state index in [2.05, 4.69) is 49.0 Å². The number of nitrogens with one attached hydrogen (secondary N) is 1. The van der Waals surface area contributed by atoms with Gasteiger partial charge < -0.3 is 5.32 Å². The molecule has 0 aliphatic heterocycles. The molecule has 0 spiro atoms. The average molecular weight is 261 g/mol. The van der Waals surface area contributed by atoms with Crippen molar-refractivity contribution in [3.8, 4) is 0 Å². The summed E-state index contributed by atoms with van der Waals surface area (Å²) >= 11 is 0. The van der Waals surface area contributed by atoms with Crippen molar-refractivity contribution in [2.24, 2.45) is 5.92 Å². The number of rotatable bonds is 4. The van der Waals surface area contributed by atoms with Gasteiger partial charge in [0.1, 0.15) is 0 Å². The van der Waals surface area contributed by atoms with E-state index in [1.165, 1.54) is 32.1 Å². The Balaban J connectivity index is 2.06. The van der Waals surface area contributed by atoms with Crippen LogP contribution in [0.3, 0.4) is 0 Å². The Kier molecular flexibility index (Phi) is 4.78. The topological polar surface area (TPSA) is 37.8 Å². The van der Waals surface area contributed by atoms with Crippen molar-refractivity contribution in [1.82, 2.24) is 9.97 Å². The standard InChI is InChI=1S/C16H27N3/c1-5-13-7-6-8-14(10-13)18-16-17-12(4)9-15(19-16)11(2)3/h9,11,13-14H,5-8,10H2,1-4H3,(H,17,18,19). The second-order valence-electron chi connectivity index (χ2n) is 6.19. The van der Waals surface area contributed by atoms with E-state index in [1.54, 1.807) is 0 Å². The first kappa shape index (κ1) is 14.3. The third-order valence-corrected chi connectivity index (χ3v) is 4.16. The van der Waals surface area contributed by atoms with Gasteiger partial charge in [0, 0.05) is 17.4 Å². The fraction of sp³-hybridized carbons (Fsp3) is 0.750. The summed E-state index contributed by atoms with van der Waals surface area (Å²) in [5.74, 6) is 2.16. The molecule has 19 heavy (non-hydrogen) atoms. The van der Waals surface area contributed by atoms with Crippen LogP contribution < -0.4 is 5.32 Å². The van der Waals surface area contributed by atoms with E-state index in [-0.39, 0.29) is 0 Å². The maximum Gasteiger partial charge on any atom is 0.223 e. The molecule has 1 aliphatic carbocycles. The highest BCUT2D eigenvalue weighted by Crippen LogP contribution is 2.28. The fourth-order valence-corrected chi connectivity index (χ4v) is 2.93. The minimum absolute atomic E-state index is 0.456. The second kappa shape index (κ2) is 6.36. The molecule has 106 valence electrons. The summed E-state index contributed by atoms with van der Waals surface area (Å²) in [5.41, 5.74) is 2.20. The number of hydrogen-bond donors (Lipinski definition) is 1. The van der Waals surface area contributed by atoms with Gasteiger partial charge in [0.2, 0.25) is 5.95 Å². The van der Waals surface area contributed by atoms with Crippen molar-refractivity contribution in [3.63, 3.8) is 0 Å². The Labute approximate surface area is 117 Å². The van der Waals surface area contributed by atoms with Crippen LogP contribution in [0.5, 0.6) is 0 Å². The molecule has 1 saturated carbocycles. The number of aromatic nitrogens is 2. The minimum atomic E-state index is 0.456. The van der Waals surface area contributed by atoms with Crippen LogP contribution in [0.4, 0.5) is 5.95 Å². The van der Waals surface area contributed by atoms with E-state index in [9.17, 15) is 0 Å². The SMILES string of the molecule is CCC1CCCC(Nc2nc(C)cc(C(C)C)n2)C1. The highest BCUT2D eigenvalue weighted by molar-refractivity contribution is 5.30. The van der Waals surface area contributed by atoms with Gasteiger partial charge in [-0.15, -0.1) is 0 Å². The van der Waals surface area contributed by atoms with Gasteiger partial charge in [-0.1, -0.05) is 40.0 Å². The zero-order chi connectivity index (χ0) is 13.8. The summed E-state index contributed by atoms with van der Waals surface area (Å²) in [5, 5.41) is 3.56. The number of aryl methyl sites for hydroxylation is 1. The first-order chi connectivity index (χ1) is 9.08. The van der Waals surface area contributed by atoms with Gasteiger partial charge in [0.05, 0.1) is 0 Å². The molecule has 1 aromatic rings. The largest absolute Gasteiger partial charge is 0.351 e. The van der Waals surface area contributed by atoms with Crippen LogP contribution in [-0.2, 0) is 0 Å². The molecule has 3 heteroatoms. The van der Waals surface area contributed by atoms with Gasteiger partial charge in [0.15, 0.2) is 0 Å². The van der Waals surface area contributed by atoms with Crippen LogP contribution >= 0.6 is 0 Å². The molecule has 0 bridgehead atoms. The monoisotopic (exact) mass is 261 g/mol. The predicted octanol–water partition coefficient (Wildman–Crippen LogP) is 4.29. The van der Waals surface area contributed by atoms with Crippen molar-refractivity contribution >= 4 is 5.95 Å². The predicted molar refractivity (Wildman–Crippen MR) is 80.5 cm³/mol. The molecule has 1 aromatic heterocycles. The van der Waals surface area contributed by atoms with E-state index in [0.717, 1.165) is 23.3 Å². The van der Waals surface area contributed by atoms with Gasteiger partial charge in [0.25, 0.3) is 0 Å². The van der Waals surface area contributed by atoms with Crippen LogP contribution in [0, 0.1) is 12.8 Å². The normalized spacial score (nSPS) is 23.6. The highest BCUT2D eigenvalue weighted by atomic mass is 15.1. The Morgan fingerprint density at radius 3 is 2.79 bits per heavy atom. The molecule has 0 aromatic carbocycles. The summed E-state index contributed by atoms with van der Waals surface area (Å²) in [6.07, 6.45) is 6.54. The molecular weight excluding hydrogens is 234 g/mol. The molecule has 3 nitrogen and oxygen atoms in total. The lowest BCUT2D eigenvalue weighted by atomic mass is 9.84. The first-order valence-electron chi connectivity index (χ1n) is 7.70. The van der Waals surface area contributed by atoms with Crippen molar-refractivity contribution in [2.45, 2.75) is 71.8 Å². The quantitative estimate of drug-likeness (QED) is 0.878. The highest BCUT2D eigenvalue weighted by Gasteiger charge is 2.21. The van der Waals surface area contributed by atoms with E-state index < -0.39 is 0 Å². The molecule has 0 radical (unpaired) electrons. The molecule has 1 aliphatic rings. The zero-order valence-electron chi connectivity index (χ0n) is 12.7. The minimum Gasteiger partial charge on any atom is -0.351 e. The van der Waals surface area contributed by atoms with Crippen molar-refractivity contribution < 1.29 is 0 Å². The lowest BCUT2D eigenvalue weighted by Gasteiger charge is -2.29. The van der Waals surface area contributed by atoms with Gasteiger partial charge in [-0.05, 0) is 37.7 Å². The summed E-state index contributed by atoms with van der Waals surface area (Å²) in [6.45, 7) is 8.71. The number of anilines is 1. The first-order valence-corrected chi connectivity index (χ1v) is 7.70.